The van der Waals surface area contributed by atoms with Gasteiger partial charge >= 0.3 is 0 Å². The summed E-state index contributed by atoms with van der Waals surface area (Å²) in [6, 6.07) is 17.9. The number of amides is 1. The van der Waals surface area contributed by atoms with Crippen molar-refractivity contribution in [2.24, 2.45) is 5.73 Å². The van der Waals surface area contributed by atoms with Crippen molar-refractivity contribution in [2.45, 2.75) is 31.5 Å². The first-order valence-electron chi connectivity index (χ1n) is 10.8. The molecule has 0 unspecified atom stereocenters. The van der Waals surface area contributed by atoms with Crippen molar-refractivity contribution in [3.05, 3.63) is 95.6 Å². The number of carbonyl (C=O) groups excluding carboxylic acids is 3. The summed E-state index contributed by atoms with van der Waals surface area (Å²) >= 11 is 0. The van der Waals surface area contributed by atoms with Crippen LogP contribution in [0.25, 0.3) is 0 Å². The van der Waals surface area contributed by atoms with Gasteiger partial charge in [0.15, 0.2) is 11.6 Å². The van der Waals surface area contributed by atoms with Gasteiger partial charge in [0.25, 0.3) is 0 Å². The highest BCUT2D eigenvalue weighted by Crippen LogP contribution is 2.40. The lowest BCUT2D eigenvalue weighted by Crippen LogP contribution is -2.54. The molecule has 0 saturated heterocycles. The summed E-state index contributed by atoms with van der Waals surface area (Å²) in [7, 11) is 0. The van der Waals surface area contributed by atoms with Crippen LogP contribution in [0.15, 0.2) is 72.8 Å². The molecule has 6 nitrogen and oxygen atoms in total. The summed E-state index contributed by atoms with van der Waals surface area (Å²) in [5.41, 5.74) is 8.27. The van der Waals surface area contributed by atoms with E-state index in [0.29, 0.717) is 23.0 Å². The van der Waals surface area contributed by atoms with E-state index < -0.39 is 47.2 Å². The number of rotatable bonds is 6. The number of para-hydroxylation sites is 2. The average molecular weight is 463 g/mol. The van der Waals surface area contributed by atoms with Crippen LogP contribution in [0.1, 0.15) is 24.0 Å². The molecule has 0 fully saturated rings. The number of fused-ring (bicyclic) bond motifs is 1. The quantitative estimate of drug-likeness (QED) is 0.547. The molecule has 3 atom stereocenters. The molecule has 1 aliphatic heterocycles. The van der Waals surface area contributed by atoms with Crippen molar-refractivity contribution >= 4 is 28.8 Å². The topological polar surface area (TPSA) is 92.5 Å². The second-order valence-electron chi connectivity index (χ2n) is 8.19. The first-order chi connectivity index (χ1) is 16.3. The molecule has 0 radical (unpaired) electrons. The van der Waals surface area contributed by atoms with E-state index in [0.717, 1.165) is 12.1 Å². The predicted octanol–water partition coefficient (Wildman–Crippen LogP) is 3.37. The minimum Gasteiger partial charge on any atom is -0.346 e. The zero-order valence-corrected chi connectivity index (χ0v) is 18.4. The monoisotopic (exact) mass is 463 g/mol. The number of carbonyl (C=O) groups is 3. The maximum atomic E-state index is 13.4. The molecule has 4 rings (SSSR count). The summed E-state index contributed by atoms with van der Waals surface area (Å²) in [4.78, 5) is 40.7. The van der Waals surface area contributed by atoms with E-state index >= 15 is 0 Å². The number of hydrogen-bond donors (Lipinski definition) is 2. The van der Waals surface area contributed by atoms with Crippen LogP contribution in [0.2, 0.25) is 0 Å². The zero-order valence-electron chi connectivity index (χ0n) is 18.4. The van der Waals surface area contributed by atoms with E-state index in [1.165, 1.54) is 6.92 Å². The minimum absolute atomic E-state index is 0.134. The molecule has 3 N–H and O–H groups in total. The summed E-state index contributed by atoms with van der Waals surface area (Å²) in [5, 5.41) is 2.53. The van der Waals surface area contributed by atoms with Crippen LogP contribution in [0.3, 0.4) is 0 Å². The average Bonchev–Trinajstić information content (AvgIpc) is 2.79. The molecule has 8 heteroatoms. The van der Waals surface area contributed by atoms with E-state index in [2.05, 4.69) is 5.32 Å². The maximum absolute atomic E-state index is 13.4. The molecule has 1 aliphatic rings. The number of halogens is 2. The Morgan fingerprint density at radius 1 is 1.00 bits per heavy atom. The maximum Gasteiger partial charge on any atom is 0.224 e. The number of nitrogens with two attached hydrogens (primary N) is 1. The molecule has 3 aromatic rings. The minimum atomic E-state index is -1.16. The van der Waals surface area contributed by atoms with Crippen molar-refractivity contribution in [1.29, 1.82) is 0 Å². The first kappa shape index (κ1) is 23.3. The molecular weight excluding hydrogens is 440 g/mol. The number of ketones is 2. The SMILES string of the molecule is C[C@H](NC(=O)Cc1cc(F)cc(F)c1)C(=O)[C@H]1C(=O)[C@H](N)N(c2ccccc2)c2ccccc21. The Labute approximate surface area is 195 Å². The van der Waals surface area contributed by atoms with E-state index in [1.54, 1.807) is 29.2 Å². The number of benzene rings is 3. The highest BCUT2D eigenvalue weighted by Gasteiger charge is 2.43. The largest absolute Gasteiger partial charge is 0.346 e. The number of Topliss-reactive ketones (excluding diaryl/α,β-unsaturated/α-hetero) is 2. The van der Waals surface area contributed by atoms with Crippen LogP contribution < -0.4 is 16.0 Å². The van der Waals surface area contributed by atoms with Gasteiger partial charge < -0.3 is 16.0 Å². The third kappa shape index (κ3) is 4.58. The molecule has 34 heavy (non-hydrogen) atoms. The van der Waals surface area contributed by atoms with E-state index in [4.69, 9.17) is 5.73 Å². The summed E-state index contributed by atoms with van der Waals surface area (Å²) in [6.07, 6.45) is -1.41. The molecule has 0 spiro atoms. The van der Waals surface area contributed by atoms with E-state index in [9.17, 15) is 23.2 Å². The van der Waals surface area contributed by atoms with Crippen LogP contribution in [-0.2, 0) is 20.8 Å². The van der Waals surface area contributed by atoms with E-state index in [-0.39, 0.29) is 12.0 Å². The Hall–Kier alpha value is -3.91. The van der Waals surface area contributed by atoms with Crippen molar-refractivity contribution in [1.82, 2.24) is 5.32 Å². The van der Waals surface area contributed by atoms with Gasteiger partial charge in [-0.15, -0.1) is 0 Å². The lowest BCUT2D eigenvalue weighted by atomic mass is 9.81. The molecule has 0 aromatic heterocycles. The van der Waals surface area contributed by atoms with Crippen LogP contribution in [0, 0.1) is 11.6 Å². The van der Waals surface area contributed by atoms with Gasteiger partial charge in [-0.2, -0.15) is 0 Å². The van der Waals surface area contributed by atoms with Crippen molar-refractivity contribution in [3.8, 4) is 0 Å². The fourth-order valence-electron chi connectivity index (χ4n) is 4.25. The smallest absolute Gasteiger partial charge is 0.224 e. The van der Waals surface area contributed by atoms with Crippen LogP contribution in [0.5, 0.6) is 0 Å². The molecule has 3 aromatic carbocycles. The highest BCUT2D eigenvalue weighted by atomic mass is 19.1. The van der Waals surface area contributed by atoms with Gasteiger partial charge in [0.05, 0.1) is 12.5 Å². The Kier molecular flexibility index (Phi) is 6.51. The fourth-order valence-corrected chi connectivity index (χ4v) is 4.25. The molecule has 0 saturated carbocycles. The van der Waals surface area contributed by atoms with Gasteiger partial charge in [0.1, 0.15) is 23.7 Å². The summed E-state index contributed by atoms with van der Waals surface area (Å²) in [6.45, 7) is 1.47. The number of nitrogens with zero attached hydrogens (tertiary/aromatic N) is 1. The Balaban J connectivity index is 1.57. The third-order valence-electron chi connectivity index (χ3n) is 5.77. The van der Waals surface area contributed by atoms with Gasteiger partial charge in [0, 0.05) is 17.4 Å². The predicted molar refractivity (Wildman–Crippen MR) is 123 cm³/mol. The van der Waals surface area contributed by atoms with Crippen LogP contribution in [0.4, 0.5) is 20.2 Å². The second-order valence-corrected chi connectivity index (χ2v) is 8.19. The Bertz CT molecular complexity index is 1230. The van der Waals surface area contributed by atoms with Gasteiger partial charge in [-0.1, -0.05) is 36.4 Å². The highest BCUT2D eigenvalue weighted by molar-refractivity contribution is 6.15. The van der Waals surface area contributed by atoms with Gasteiger partial charge in [-0.25, -0.2) is 8.78 Å². The number of anilines is 2. The Morgan fingerprint density at radius 3 is 2.29 bits per heavy atom. The van der Waals surface area contributed by atoms with Gasteiger partial charge in [-0.3, -0.25) is 14.4 Å². The van der Waals surface area contributed by atoms with Crippen molar-refractivity contribution < 1.29 is 23.2 Å². The molecule has 1 heterocycles. The standard InChI is InChI=1S/C26H23F2N3O3/c1-15(30-22(32)13-16-11-17(27)14-18(28)12-16)24(33)23-20-9-5-6-10-21(20)31(26(29)25(23)34)19-7-3-2-4-8-19/h2-12,14-15,23,26H,13,29H2,1H3,(H,30,32)/t15-,23-,26+/m0/s1. The van der Waals surface area contributed by atoms with Gasteiger partial charge in [-0.05, 0) is 48.4 Å². The number of hydrogen-bond acceptors (Lipinski definition) is 5. The third-order valence-corrected chi connectivity index (χ3v) is 5.77. The van der Waals surface area contributed by atoms with Crippen LogP contribution in [-0.4, -0.2) is 29.7 Å². The number of nitrogens with one attached hydrogen (secondary N) is 1. The fraction of sp³-hybridized carbons (Fsp3) is 0.192. The lowest BCUT2D eigenvalue weighted by molar-refractivity contribution is -0.133. The molecular formula is C26H23F2N3O3. The van der Waals surface area contributed by atoms with Crippen molar-refractivity contribution in [2.75, 3.05) is 4.90 Å². The van der Waals surface area contributed by atoms with Gasteiger partial charge in [0.2, 0.25) is 5.91 Å². The van der Waals surface area contributed by atoms with Crippen LogP contribution >= 0.6 is 0 Å². The molecule has 1 amide bonds. The van der Waals surface area contributed by atoms with Crippen molar-refractivity contribution in [3.63, 3.8) is 0 Å². The van der Waals surface area contributed by atoms with E-state index in [1.807, 2.05) is 30.3 Å². The lowest BCUT2D eigenvalue weighted by Gasteiger charge is -2.39. The molecule has 0 aliphatic carbocycles. The zero-order chi connectivity index (χ0) is 24.4. The summed E-state index contributed by atoms with van der Waals surface area (Å²) in [5.74, 6) is -4.35. The Morgan fingerprint density at radius 2 is 1.62 bits per heavy atom. The normalized spacial score (nSPS) is 18.2. The first-order valence-corrected chi connectivity index (χ1v) is 10.8. The molecule has 0 bridgehead atoms. The summed E-state index contributed by atoms with van der Waals surface area (Å²) < 4.78 is 26.8. The molecule has 174 valence electrons. The second kappa shape index (κ2) is 9.52.